The van der Waals surface area contributed by atoms with Crippen LogP contribution in [0.4, 0.5) is 0 Å². The number of esters is 1. The van der Waals surface area contributed by atoms with Gasteiger partial charge in [0.1, 0.15) is 5.60 Å². The maximum absolute atomic E-state index is 12.1. The quantitative estimate of drug-likeness (QED) is 0.783. The molecule has 2 aliphatic rings. The number of rotatable bonds is 2. The van der Waals surface area contributed by atoms with E-state index in [2.05, 4.69) is 0 Å². The smallest absolute Gasteiger partial charge is 0.310 e. The molecule has 0 amide bonds. The van der Waals surface area contributed by atoms with Gasteiger partial charge in [-0.15, -0.1) is 0 Å². The summed E-state index contributed by atoms with van der Waals surface area (Å²) in [5.41, 5.74) is -0.540. The lowest BCUT2D eigenvalue weighted by Crippen LogP contribution is -2.38. The molecule has 0 heterocycles. The monoisotopic (exact) mass is 270 g/mol. The van der Waals surface area contributed by atoms with Crippen molar-refractivity contribution in [3.63, 3.8) is 0 Å². The summed E-state index contributed by atoms with van der Waals surface area (Å²) in [6, 6.07) is 0. The van der Waals surface area contributed by atoms with Crippen LogP contribution in [0, 0.1) is 23.7 Å². The number of hydrogen-bond acceptors (Lipinski definition) is 3. The highest BCUT2D eigenvalue weighted by atomic mass is 16.6. The van der Waals surface area contributed by atoms with Crippen LogP contribution in [0.25, 0.3) is 0 Å². The van der Waals surface area contributed by atoms with Gasteiger partial charge in [0.05, 0.1) is 11.8 Å². The first-order valence-corrected chi connectivity index (χ1v) is 7.25. The number of aliphatic carboxylic acids is 1. The van der Waals surface area contributed by atoms with Crippen molar-refractivity contribution in [1.29, 1.82) is 0 Å². The fraction of sp³-hybridized carbons (Fsp3) is 0.867. The van der Waals surface area contributed by atoms with E-state index in [-0.39, 0.29) is 17.8 Å². The highest BCUT2D eigenvalue weighted by molar-refractivity contribution is 5.83. The van der Waals surface area contributed by atoms with Crippen LogP contribution in [0.3, 0.4) is 0 Å². The van der Waals surface area contributed by atoms with Crippen molar-refractivity contribution in [2.24, 2.45) is 23.7 Å². The van der Waals surface area contributed by atoms with Gasteiger partial charge in [-0.05, 0) is 51.9 Å². The number of carboxylic acids is 1. The molecule has 0 aromatic rings. The summed E-state index contributed by atoms with van der Waals surface area (Å²) in [4.78, 5) is 23.3. The first-order valence-electron chi connectivity index (χ1n) is 7.25. The van der Waals surface area contributed by atoms with Crippen LogP contribution in [-0.2, 0) is 14.3 Å². The summed E-state index contributed by atoms with van der Waals surface area (Å²) in [5, 5.41) is 9.25. The Kier molecular flexibility index (Phi) is 4.99. The van der Waals surface area contributed by atoms with Crippen LogP contribution in [0.1, 0.15) is 53.9 Å². The molecule has 4 heteroatoms. The van der Waals surface area contributed by atoms with Crippen LogP contribution >= 0.6 is 0 Å². The van der Waals surface area contributed by atoms with Crippen LogP contribution in [0.2, 0.25) is 0 Å². The van der Waals surface area contributed by atoms with E-state index < -0.39 is 23.4 Å². The zero-order valence-corrected chi connectivity index (χ0v) is 12.6. The second-order valence-corrected chi connectivity index (χ2v) is 6.26. The van der Waals surface area contributed by atoms with Crippen molar-refractivity contribution in [3.8, 4) is 0 Å². The minimum absolute atomic E-state index is 0.176. The summed E-state index contributed by atoms with van der Waals surface area (Å²) in [7, 11) is 0. The molecule has 0 aromatic carbocycles. The summed E-state index contributed by atoms with van der Waals surface area (Å²) in [6.45, 7) is 9.44. The zero-order chi connectivity index (χ0) is 14.8. The third kappa shape index (κ3) is 3.48. The van der Waals surface area contributed by atoms with Gasteiger partial charge in [-0.1, -0.05) is 13.8 Å². The summed E-state index contributed by atoms with van der Waals surface area (Å²) in [5.74, 6) is -1.72. The number of fused-ring (bicyclic) bond motifs is 2. The molecular formula is C15H26O4. The third-order valence-electron chi connectivity index (χ3n) is 3.88. The molecule has 0 aromatic heterocycles. The summed E-state index contributed by atoms with van der Waals surface area (Å²) >= 11 is 0. The predicted octanol–water partition coefficient (Wildman–Crippen LogP) is 3.10. The van der Waals surface area contributed by atoms with Gasteiger partial charge in [-0.2, -0.15) is 0 Å². The Labute approximate surface area is 115 Å². The summed E-state index contributed by atoms with van der Waals surface area (Å²) < 4.78 is 5.35. The highest BCUT2D eigenvalue weighted by Gasteiger charge is 2.55. The van der Waals surface area contributed by atoms with Gasteiger partial charge in [0.25, 0.3) is 0 Å². The number of hydrogen-bond donors (Lipinski definition) is 1. The minimum Gasteiger partial charge on any atom is -0.481 e. The minimum atomic E-state index is -0.840. The van der Waals surface area contributed by atoms with Gasteiger partial charge in [-0.3, -0.25) is 9.59 Å². The molecule has 0 saturated heterocycles. The average molecular weight is 270 g/mol. The lowest BCUT2D eigenvalue weighted by Gasteiger charge is -2.29. The second kappa shape index (κ2) is 5.93. The number of carbonyl (C=O) groups is 2. The van der Waals surface area contributed by atoms with Gasteiger partial charge >= 0.3 is 11.9 Å². The first kappa shape index (κ1) is 16.0. The van der Waals surface area contributed by atoms with E-state index >= 15 is 0 Å². The van der Waals surface area contributed by atoms with Gasteiger partial charge in [0.2, 0.25) is 0 Å². The average Bonchev–Trinajstić information content (AvgIpc) is 2.88. The molecule has 0 aliphatic heterocycles. The molecule has 2 fully saturated rings. The highest BCUT2D eigenvalue weighted by Crippen LogP contribution is 2.53. The zero-order valence-electron chi connectivity index (χ0n) is 12.6. The Morgan fingerprint density at radius 2 is 1.53 bits per heavy atom. The fourth-order valence-corrected chi connectivity index (χ4v) is 3.36. The maximum atomic E-state index is 12.1. The van der Waals surface area contributed by atoms with Crippen LogP contribution in [0.15, 0.2) is 0 Å². The van der Waals surface area contributed by atoms with E-state index in [0.29, 0.717) is 0 Å². The van der Waals surface area contributed by atoms with Crippen molar-refractivity contribution in [1.82, 2.24) is 0 Å². The molecule has 19 heavy (non-hydrogen) atoms. The van der Waals surface area contributed by atoms with Crippen molar-refractivity contribution in [2.45, 2.75) is 59.5 Å². The lowest BCUT2D eigenvalue weighted by atomic mass is 9.79. The van der Waals surface area contributed by atoms with Crippen molar-refractivity contribution < 1.29 is 19.4 Å². The van der Waals surface area contributed by atoms with Crippen molar-refractivity contribution >= 4 is 11.9 Å². The number of ether oxygens (including phenoxy) is 1. The molecule has 4 atom stereocenters. The second-order valence-electron chi connectivity index (χ2n) is 6.26. The Morgan fingerprint density at radius 1 is 1.05 bits per heavy atom. The first-order chi connectivity index (χ1) is 8.79. The molecular weight excluding hydrogens is 244 g/mol. The maximum Gasteiger partial charge on any atom is 0.310 e. The predicted molar refractivity (Wildman–Crippen MR) is 72.6 cm³/mol. The van der Waals surface area contributed by atoms with Crippen LogP contribution in [-0.4, -0.2) is 22.6 Å². The van der Waals surface area contributed by atoms with E-state index in [0.717, 1.165) is 19.3 Å². The van der Waals surface area contributed by atoms with Gasteiger partial charge < -0.3 is 9.84 Å². The van der Waals surface area contributed by atoms with E-state index in [4.69, 9.17) is 4.74 Å². The Morgan fingerprint density at radius 3 is 1.95 bits per heavy atom. The standard InChI is InChI=1S/C13H20O4.C2H6/c1-13(2,3)17-12(16)10-8-5-4-7(6-8)9(10)11(14)15;1-2/h7-10H,4-6H2,1-3H3,(H,14,15);1-2H3. The normalized spacial score (nSPS) is 32.5. The Bertz CT molecular complexity index is 343. The fourth-order valence-electron chi connectivity index (χ4n) is 3.36. The van der Waals surface area contributed by atoms with Gasteiger partial charge in [0.15, 0.2) is 0 Å². The van der Waals surface area contributed by atoms with E-state index in [1.807, 2.05) is 34.6 Å². The van der Waals surface area contributed by atoms with E-state index in [1.165, 1.54) is 0 Å². The molecule has 2 aliphatic carbocycles. The van der Waals surface area contributed by atoms with Gasteiger partial charge in [0, 0.05) is 0 Å². The Balaban J connectivity index is 0.000000861. The van der Waals surface area contributed by atoms with Crippen molar-refractivity contribution in [3.05, 3.63) is 0 Å². The molecule has 1 N–H and O–H groups in total. The van der Waals surface area contributed by atoms with Crippen molar-refractivity contribution in [2.75, 3.05) is 0 Å². The molecule has 110 valence electrons. The molecule has 4 nitrogen and oxygen atoms in total. The topological polar surface area (TPSA) is 63.6 Å². The largest absolute Gasteiger partial charge is 0.481 e. The molecule has 0 spiro atoms. The number of carbonyl (C=O) groups excluding carboxylic acids is 1. The number of carboxylic acid groups (broad SMARTS) is 1. The molecule has 0 radical (unpaired) electrons. The third-order valence-corrected chi connectivity index (χ3v) is 3.88. The van der Waals surface area contributed by atoms with E-state index in [9.17, 15) is 14.7 Å². The van der Waals surface area contributed by atoms with E-state index in [1.54, 1.807) is 0 Å². The van der Waals surface area contributed by atoms with Crippen LogP contribution < -0.4 is 0 Å². The van der Waals surface area contributed by atoms with Crippen LogP contribution in [0.5, 0.6) is 0 Å². The molecule has 2 bridgehead atoms. The lowest BCUT2D eigenvalue weighted by molar-refractivity contribution is -0.169. The van der Waals surface area contributed by atoms with Gasteiger partial charge in [-0.25, -0.2) is 0 Å². The SMILES string of the molecule is CC.CC(C)(C)OC(=O)C1C2CCC(C2)C1C(=O)O. The molecule has 2 saturated carbocycles. The summed E-state index contributed by atoms with van der Waals surface area (Å²) in [6.07, 6.45) is 2.79. The Hall–Kier alpha value is -1.06. The molecule has 4 unspecified atom stereocenters. The molecule has 2 rings (SSSR count).